The van der Waals surface area contributed by atoms with Crippen LogP contribution in [-0.2, 0) is 7.05 Å². The highest BCUT2D eigenvalue weighted by Crippen LogP contribution is 2.23. The van der Waals surface area contributed by atoms with Crippen molar-refractivity contribution in [2.45, 2.75) is 25.0 Å². The number of aromatic amines is 1. The Bertz CT molecular complexity index is 766. The molecule has 2 aromatic rings. The van der Waals surface area contributed by atoms with E-state index in [1.165, 1.54) is 22.0 Å². The maximum absolute atomic E-state index is 11.3. The Hall–Kier alpha value is -1.86. The molecule has 0 aliphatic heterocycles. The molecule has 2 rings (SSSR count). The number of aryl methyl sites for hydroxylation is 3. The number of nitrogens with one attached hydrogen (secondary N) is 1. The van der Waals surface area contributed by atoms with Crippen LogP contribution < -0.4 is 16.9 Å². The van der Waals surface area contributed by atoms with Gasteiger partial charge in [-0.2, -0.15) is 4.98 Å². The molecule has 7 heteroatoms. The molecule has 21 heavy (non-hydrogen) atoms. The van der Waals surface area contributed by atoms with Crippen molar-refractivity contribution in [1.82, 2.24) is 14.8 Å². The van der Waals surface area contributed by atoms with Crippen molar-refractivity contribution in [3.63, 3.8) is 0 Å². The summed E-state index contributed by atoms with van der Waals surface area (Å²) in [6.07, 6.45) is 0. The molecule has 0 aliphatic carbocycles. The second-order valence-corrected chi connectivity index (χ2v) is 5.96. The molecule has 0 spiro atoms. The highest BCUT2D eigenvalue weighted by molar-refractivity contribution is 7.99. The molecule has 3 N–H and O–H groups in total. The molecule has 1 heterocycles. The fraction of sp³-hybridized carbons (Fsp3) is 0.357. The summed E-state index contributed by atoms with van der Waals surface area (Å²) in [4.78, 5) is 26.2. The maximum atomic E-state index is 11.3. The molecule has 0 amide bonds. The first-order valence-electron chi connectivity index (χ1n) is 6.51. The van der Waals surface area contributed by atoms with Crippen LogP contribution >= 0.6 is 11.8 Å². The van der Waals surface area contributed by atoms with E-state index in [9.17, 15) is 9.59 Å². The molecule has 0 saturated carbocycles. The molecule has 0 radical (unpaired) electrons. The van der Waals surface area contributed by atoms with Gasteiger partial charge in [-0.15, -0.1) is 0 Å². The molecule has 0 fully saturated rings. The third-order valence-electron chi connectivity index (χ3n) is 3.16. The quantitative estimate of drug-likeness (QED) is 0.646. The van der Waals surface area contributed by atoms with Crippen LogP contribution in [0.15, 0.2) is 32.9 Å². The number of aromatic nitrogens is 3. The summed E-state index contributed by atoms with van der Waals surface area (Å²) in [5, 5.41) is 2.86. The van der Waals surface area contributed by atoms with Crippen LogP contribution in [0.3, 0.4) is 0 Å². The summed E-state index contributed by atoms with van der Waals surface area (Å²) in [5.74, 6) is 0.566. The summed E-state index contributed by atoms with van der Waals surface area (Å²) >= 11 is 1.34. The number of H-pyrrole nitrogens is 1. The summed E-state index contributed by atoms with van der Waals surface area (Å²) in [5.41, 5.74) is 8.11. The summed E-state index contributed by atoms with van der Waals surface area (Å²) in [6.45, 7) is 4.07. The molecule has 112 valence electrons. The first-order chi connectivity index (χ1) is 9.88. The molecule has 6 nitrogen and oxygen atoms in total. The van der Waals surface area contributed by atoms with E-state index in [1.807, 2.05) is 26.0 Å². The highest BCUT2D eigenvalue weighted by atomic mass is 32.2. The minimum atomic E-state index is -0.782. The lowest BCUT2D eigenvalue weighted by atomic mass is 10.0. The second-order valence-electron chi connectivity index (χ2n) is 4.98. The summed E-state index contributed by atoms with van der Waals surface area (Å²) in [7, 11) is 1.64. The van der Waals surface area contributed by atoms with E-state index in [1.54, 1.807) is 7.05 Å². The normalized spacial score (nSPS) is 12.4. The zero-order chi connectivity index (χ0) is 15.6. The first-order valence-corrected chi connectivity index (χ1v) is 7.50. The van der Waals surface area contributed by atoms with Gasteiger partial charge < -0.3 is 5.73 Å². The smallest absolute Gasteiger partial charge is 0.323 e. The Labute approximate surface area is 126 Å². The number of hydrogen-bond donors (Lipinski definition) is 2. The van der Waals surface area contributed by atoms with Gasteiger partial charge in [0, 0.05) is 18.8 Å². The molecule has 1 unspecified atom stereocenters. The standard InChI is InChI=1S/C14H18N4O2S/c1-8-4-5-10(9(2)6-8)11(15)7-21-14-16-12(19)13(20)17-18(14)3/h4-6,11H,7,15H2,1-3H3,(H,17,20). The Morgan fingerprint density at radius 3 is 2.76 bits per heavy atom. The van der Waals surface area contributed by atoms with Crippen molar-refractivity contribution >= 4 is 11.8 Å². The lowest BCUT2D eigenvalue weighted by Gasteiger charge is -2.15. The third-order valence-corrected chi connectivity index (χ3v) is 4.31. The number of thioether (sulfide) groups is 1. The van der Waals surface area contributed by atoms with E-state index >= 15 is 0 Å². The zero-order valence-electron chi connectivity index (χ0n) is 12.2. The predicted molar refractivity (Wildman–Crippen MR) is 83.7 cm³/mol. The van der Waals surface area contributed by atoms with E-state index in [-0.39, 0.29) is 6.04 Å². The predicted octanol–water partition coefficient (Wildman–Crippen LogP) is 0.878. The van der Waals surface area contributed by atoms with Crippen LogP contribution in [0.5, 0.6) is 0 Å². The van der Waals surface area contributed by atoms with Gasteiger partial charge in [-0.3, -0.25) is 19.4 Å². The first kappa shape index (κ1) is 15.5. The molecular formula is C14H18N4O2S. The van der Waals surface area contributed by atoms with E-state index in [4.69, 9.17) is 5.73 Å². The number of hydrogen-bond acceptors (Lipinski definition) is 5. The zero-order valence-corrected chi connectivity index (χ0v) is 13.0. The lowest BCUT2D eigenvalue weighted by Crippen LogP contribution is -2.34. The van der Waals surface area contributed by atoms with E-state index < -0.39 is 11.1 Å². The molecule has 1 aromatic heterocycles. The molecule has 0 bridgehead atoms. The number of benzene rings is 1. The molecule has 1 atom stereocenters. The summed E-state index contributed by atoms with van der Waals surface area (Å²) < 4.78 is 1.43. The monoisotopic (exact) mass is 306 g/mol. The summed E-state index contributed by atoms with van der Waals surface area (Å²) in [6, 6.07) is 5.98. The molecule has 0 aliphatic rings. The minimum absolute atomic E-state index is 0.167. The number of nitrogens with two attached hydrogens (primary N) is 1. The van der Waals surface area contributed by atoms with Gasteiger partial charge in [0.15, 0.2) is 5.16 Å². The van der Waals surface area contributed by atoms with Crippen LogP contribution in [0.4, 0.5) is 0 Å². The second kappa shape index (κ2) is 6.28. The Balaban J connectivity index is 2.14. The van der Waals surface area contributed by atoms with Gasteiger partial charge in [0.1, 0.15) is 0 Å². The number of nitrogens with zero attached hydrogens (tertiary/aromatic N) is 2. The van der Waals surface area contributed by atoms with Crippen molar-refractivity contribution in [3.05, 3.63) is 55.6 Å². The lowest BCUT2D eigenvalue weighted by molar-refractivity contribution is 0.595. The van der Waals surface area contributed by atoms with Crippen LogP contribution in [-0.4, -0.2) is 20.5 Å². The average molecular weight is 306 g/mol. The Morgan fingerprint density at radius 1 is 1.38 bits per heavy atom. The van der Waals surface area contributed by atoms with E-state index in [0.29, 0.717) is 10.9 Å². The largest absolute Gasteiger partial charge is 0.339 e. The van der Waals surface area contributed by atoms with Gasteiger partial charge in [0.2, 0.25) is 0 Å². The van der Waals surface area contributed by atoms with E-state index in [2.05, 4.69) is 16.1 Å². The maximum Gasteiger partial charge on any atom is 0.339 e. The van der Waals surface area contributed by atoms with Gasteiger partial charge in [0.05, 0.1) is 0 Å². The van der Waals surface area contributed by atoms with E-state index in [0.717, 1.165) is 11.1 Å². The average Bonchev–Trinajstić information content (AvgIpc) is 2.41. The van der Waals surface area contributed by atoms with Crippen molar-refractivity contribution in [2.24, 2.45) is 12.8 Å². The van der Waals surface area contributed by atoms with Crippen molar-refractivity contribution in [2.75, 3.05) is 5.75 Å². The minimum Gasteiger partial charge on any atom is -0.323 e. The van der Waals surface area contributed by atoms with Gasteiger partial charge in [-0.1, -0.05) is 35.5 Å². The van der Waals surface area contributed by atoms with Gasteiger partial charge in [-0.05, 0) is 25.0 Å². The van der Waals surface area contributed by atoms with Crippen LogP contribution in [0, 0.1) is 13.8 Å². The SMILES string of the molecule is Cc1ccc(C(N)CSc2nc(=O)c(=O)[nH]n2C)c(C)c1. The number of rotatable bonds is 4. The Morgan fingerprint density at radius 2 is 2.10 bits per heavy atom. The van der Waals surface area contributed by atoms with Crippen molar-refractivity contribution in [1.29, 1.82) is 0 Å². The van der Waals surface area contributed by atoms with Gasteiger partial charge in [0.25, 0.3) is 0 Å². The molecule has 1 aromatic carbocycles. The highest BCUT2D eigenvalue weighted by Gasteiger charge is 2.12. The van der Waals surface area contributed by atoms with Gasteiger partial charge >= 0.3 is 11.1 Å². The van der Waals surface area contributed by atoms with Crippen LogP contribution in [0.1, 0.15) is 22.7 Å². The molecular weight excluding hydrogens is 288 g/mol. The fourth-order valence-electron chi connectivity index (χ4n) is 2.09. The van der Waals surface area contributed by atoms with Crippen molar-refractivity contribution in [3.8, 4) is 0 Å². The third kappa shape index (κ3) is 3.62. The van der Waals surface area contributed by atoms with Crippen LogP contribution in [0.25, 0.3) is 0 Å². The molecule has 0 saturated heterocycles. The van der Waals surface area contributed by atoms with Crippen molar-refractivity contribution < 1.29 is 0 Å². The fourth-order valence-corrected chi connectivity index (χ4v) is 2.98. The van der Waals surface area contributed by atoms with Crippen LogP contribution in [0.2, 0.25) is 0 Å². The Kier molecular flexibility index (Phi) is 4.64. The topological polar surface area (TPSA) is 93.8 Å². The van der Waals surface area contributed by atoms with Gasteiger partial charge in [-0.25, -0.2) is 0 Å².